The Balaban J connectivity index is 1.94. The zero-order valence-electron chi connectivity index (χ0n) is 7.69. The first-order chi connectivity index (χ1) is 6.49. The number of hydrogen-bond donors (Lipinski definition) is 1. The highest BCUT2D eigenvalue weighted by atomic mass is 19.3. The molecule has 1 aliphatic carbocycles. The van der Waals surface area contributed by atoms with Gasteiger partial charge in [-0.15, -0.1) is 5.10 Å². The molecule has 1 saturated carbocycles. The van der Waals surface area contributed by atoms with Crippen LogP contribution < -0.4 is 0 Å². The van der Waals surface area contributed by atoms with Crippen molar-refractivity contribution in [3.63, 3.8) is 0 Å². The summed E-state index contributed by atoms with van der Waals surface area (Å²) < 4.78 is 26.5. The van der Waals surface area contributed by atoms with E-state index in [1.165, 1.54) is 10.9 Å². The molecule has 0 aliphatic heterocycles. The SMILES string of the molecule is Cn1cc(C(O)CC2CC2(F)F)nn1. The largest absolute Gasteiger partial charge is 0.387 e. The molecule has 6 heteroatoms. The van der Waals surface area contributed by atoms with Crippen LogP contribution in [0.25, 0.3) is 0 Å². The van der Waals surface area contributed by atoms with E-state index < -0.39 is 17.9 Å². The predicted octanol–water partition coefficient (Wildman–Crippen LogP) is 0.894. The molecule has 1 aromatic rings. The zero-order chi connectivity index (χ0) is 10.3. The monoisotopic (exact) mass is 203 g/mol. The van der Waals surface area contributed by atoms with Gasteiger partial charge in [-0.2, -0.15) is 0 Å². The van der Waals surface area contributed by atoms with Crippen molar-refractivity contribution >= 4 is 0 Å². The van der Waals surface area contributed by atoms with Gasteiger partial charge in [-0.3, -0.25) is 4.68 Å². The number of aromatic nitrogens is 3. The average Bonchev–Trinajstić information content (AvgIpc) is 2.52. The molecule has 0 radical (unpaired) electrons. The molecule has 4 nitrogen and oxygen atoms in total. The summed E-state index contributed by atoms with van der Waals surface area (Å²) in [6.07, 6.45) is 0.545. The zero-order valence-corrected chi connectivity index (χ0v) is 7.69. The van der Waals surface area contributed by atoms with Crippen LogP contribution in [0.5, 0.6) is 0 Å². The molecule has 14 heavy (non-hydrogen) atoms. The number of aliphatic hydroxyl groups excluding tert-OH is 1. The van der Waals surface area contributed by atoms with Gasteiger partial charge in [-0.25, -0.2) is 8.78 Å². The van der Waals surface area contributed by atoms with Gasteiger partial charge in [0.05, 0.1) is 12.3 Å². The molecule has 0 aromatic carbocycles. The number of halogens is 2. The first-order valence-electron chi connectivity index (χ1n) is 4.41. The molecule has 1 fully saturated rings. The Labute approximate surface area is 79.5 Å². The van der Waals surface area contributed by atoms with Crippen LogP contribution in [0, 0.1) is 5.92 Å². The lowest BCUT2D eigenvalue weighted by atomic mass is 10.1. The molecule has 0 bridgehead atoms. The van der Waals surface area contributed by atoms with E-state index >= 15 is 0 Å². The molecule has 1 aromatic heterocycles. The van der Waals surface area contributed by atoms with Crippen molar-refractivity contribution in [2.24, 2.45) is 13.0 Å². The van der Waals surface area contributed by atoms with Gasteiger partial charge < -0.3 is 5.11 Å². The van der Waals surface area contributed by atoms with E-state index in [-0.39, 0.29) is 12.8 Å². The van der Waals surface area contributed by atoms with Gasteiger partial charge in [0, 0.05) is 19.4 Å². The Kier molecular flexibility index (Phi) is 2.02. The number of alkyl halides is 2. The lowest BCUT2D eigenvalue weighted by molar-refractivity contribution is 0.0757. The van der Waals surface area contributed by atoms with Crippen LogP contribution >= 0.6 is 0 Å². The fourth-order valence-corrected chi connectivity index (χ4v) is 1.43. The number of aryl methyl sites for hydroxylation is 1. The minimum atomic E-state index is -2.58. The van der Waals surface area contributed by atoms with Crippen molar-refractivity contribution in [3.05, 3.63) is 11.9 Å². The molecule has 0 saturated heterocycles. The van der Waals surface area contributed by atoms with Crippen LogP contribution in [0.4, 0.5) is 8.78 Å². The maximum atomic E-state index is 12.5. The van der Waals surface area contributed by atoms with Crippen LogP contribution in [0.3, 0.4) is 0 Å². The molecule has 2 rings (SSSR count). The second-order valence-corrected chi connectivity index (χ2v) is 3.73. The highest BCUT2D eigenvalue weighted by Crippen LogP contribution is 2.52. The van der Waals surface area contributed by atoms with Crippen molar-refractivity contribution in [2.75, 3.05) is 0 Å². The smallest absolute Gasteiger partial charge is 0.251 e. The third-order valence-corrected chi connectivity index (χ3v) is 2.43. The summed E-state index contributed by atoms with van der Waals surface area (Å²) in [5.41, 5.74) is 0.357. The van der Waals surface area contributed by atoms with E-state index in [4.69, 9.17) is 0 Å². The third kappa shape index (κ3) is 1.75. The minimum absolute atomic E-state index is 0.0612. The van der Waals surface area contributed by atoms with Crippen molar-refractivity contribution < 1.29 is 13.9 Å². The summed E-state index contributed by atoms with van der Waals surface area (Å²) in [5.74, 6) is -3.28. The Morgan fingerprint density at radius 2 is 2.43 bits per heavy atom. The molecular formula is C8H11F2N3O. The predicted molar refractivity (Wildman–Crippen MR) is 43.6 cm³/mol. The Morgan fingerprint density at radius 3 is 2.86 bits per heavy atom. The van der Waals surface area contributed by atoms with Crippen LogP contribution in [-0.4, -0.2) is 26.0 Å². The van der Waals surface area contributed by atoms with Gasteiger partial charge >= 0.3 is 0 Å². The average molecular weight is 203 g/mol. The van der Waals surface area contributed by atoms with Crippen molar-refractivity contribution in [1.29, 1.82) is 0 Å². The van der Waals surface area contributed by atoms with Gasteiger partial charge in [0.25, 0.3) is 5.92 Å². The van der Waals surface area contributed by atoms with Gasteiger partial charge in [-0.05, 0) is 6.42 Å². The normalized spacial score (nSPS) is 26.1. The summed E-state index contributed by atoms with van der Waals surface area (Å²) in [6, 6.07) is 0. The third-order valence-electron chi connectivity index (χ3n) is 2.43. The van der Waals surface area contributed by atoms with Gasteiger partial charge in [0.2, 0.25) is 0 Å². The standard InChI is InChI=1S/C8H11F2N3O/c1-13-4-6(11-12-13)7(14)2-5-3-8(5,9)10/h4-5,7,14H,2-3H2,1H3. The quantitative estimate of drug-likeness (QED) is 0.793. The first kappa shape index (κ1) is 9.51. The van der Waals surface area contributed by atoms with E-state index in [1.807, 2.05) is 0 Å². The summed E-state index contributed by atoms with van der Waals surface area (Å²) in [6.45, 7) is 0. The van der Waals surface area contributed by atoms with Crippen LogP contribution in [-0.2, 0) is 7.05 Å². The molecule has 2 unspecified atom stereocenters. The number of nitrogens with zero attached hydrogens (tertiary/aromatic N) is 3. The van der Waals surface area contributed by atoms with Crippen LogP contribution in [0.1, 0.15) is 24.6 Å². The highest BCUT2D eigenvalue weighted by Gasteiger charge is 2.57. The molecule has 78 valence electrons. The molecule has 2 atom stereocenters. The summed E-state index contributed by atoms with van der Waals surface area (Å²) in [5, 5.41) is 16.8. The Hall–Kier alpha value is -1.04. The molecule has 1 heterocycles. The summed E-state index contributed by atoms with van der Waals surface area (Å²) >= 11 is 0. The molecule has 0 spiro atoms. The lowest BCUT2D eigenvalue weighted by Gasteiger charge is -2.05. The number of aliphatic hydroxyl groups is 1. The van der Waals surface area contributed by atoms with Gasteiger partial charge in [-0.1, -0.05) is 5.21 Å². The second-order valence-electron chi connectivity index (χ2n) is 3.73. The second kappa shape index (κ2) is 2.98. The van der Waals surface area contributed by atoms with E-state index in [2.05, 4.69) is 10.3 Å². The van der Waals surface area contributed by atoms with Crippen LogP contribution in [0.2, 0.25) is 0 Å². The minimum Gasteiger partial charge on any atom is -0.387 e. The van der Waals surface area contributed by atoms with E-state index in [0.29, 0.717) is 5.69 Å². The molecular weight excluding hydrogens is 192 g/mol. The summed E-state index contributed by atoms with van der Waals surface area (Å²) in [7, 11) is 1.66. The topological polar surface area (TPSA) is 50.9 Å². The van der Waals surface area contributed by atoms with Gasteiger partial charge in [0.15, 0.2) is 0 Å². The first-order valence-corrected chi connectivity index (χ1v) is 4.41. The Bertz CT molecular complexity index is 339. The lowest BCUT2D eigenvalue weighted by Crippen LogP contribution is -2.03. The van der Waals surface area contributed by atoms with E-state index in [1.54, 1.807) is 7.05 Å². The number of rotatable bonds is 3. The van der Waals surface area contributed by atoms with Crippen LogP contribution in [0.15, 0.2) is 6.20 Å². The molecule has 1 N–H and O–H groups in total. The maximum absolute atomic E-state index is 12.5. The highest BCUT2D eigenvalue weighted by molar-refractivity contribution is 5.03. The Morgan fingerprint density at radius 1 is 1.79 bits per heavy atom. The van der Waals surface area contributed by atoms with E-state index in [9.17, 15) is 13.9 Å². The van der Waals surface area contributed by atoms with Crippen molar-refractivity contribution in [3.8, 4) is 0 Å². The maximum Gasteiger partial charge on any atom is 0.251 e. The fraction of sp³-hybridized carbons (Fsp3) is 0.750. The van der Waals surface area contributed by atoms with Crippen molar-refractivity contribution in [2.45, 2.75) is 24.9 Å². The van der Waals surface area contributed by atoms with E-state index in [0.717, 1.165) is 0 Å². The van der Waals surface area contributed by atoms with Gasteiger partial charge in [0.1, 0.15) is 5.69 Å². The summed E-state index contributed by atoms with van der Waals surface area (Å²) in [4.78, 5) is 0. The van der Waals surface area contributed by atoms with Crippen molar-refractivity contribution in [1.82, 2.24) is 15.0 Å². The molecule has 1 aliphatic rings. The number of hydrogen-bond acceptors (Lipinski definition) is 3. The fourth-order valence-electron chi connectivity index (χ4n) is 1.43. The molecule has 0 amide bonds.